The van der Waals surface area contributed by atoms with Gasteiger partial charge in [0.2, 0.25) is 0 Å². The van der Waals surface area contributed by atoms with Gasteiger partial charge < -0.3 is 19.5 Å². The molecule has 0 saturated carbocycles. The first kappa shape index (κ1) is 19.8. The van der Waals surface area contributed by atoms with E-state index in [0.29, 0.717) is 28.6 Å². The molecule has 146 valence electrons. The maximum atomic E-state index is 12.6. The fourth-order valence-corrected chi connectivity index (χ4v) is 3.17. The average molecular weight is 400 g/mol. The molecule has 0 fully saturated rings. The third-order valence-corrected chi connectivity index (χ3v) is 4.67. The predicted molar refractivity (Wildman–Crippen MR) is 110 cm³/mol. The molecule has 2 aromatic carbocycles. The van der Waals surface area contributed by atoms with Crippen molar-refractivity contribution in [2.75, 3.05) is 24.3 Å². The minimum absolute atomic E-state index is 0.220. The molecule has 6 nitrogen and oxygen atoms in total. The lowest BCUT2D eigenvalue weighted by Gasteiger charge is -2.19. The summed E-state index contributed by atoms with van der Waals surface area (Å²) in [7, 11) is 3.75. The first-order chi connectivity index (χ1) is 13.4. The van der Waals surface area contributed by atoms with E-state index in [4.69, 9.17) is 20.9 Å². The summed E-state index contributed by atoms with van der Waals surface area (Å²) in [6, 6.07) is 12.4. The largest absolute Gasteiger partial charge is 0.489 e. The highest BCUT2D eigenvalue weighted by atomic mass is 35.5. The van der Waals surface area contributed by atoms with E-state index in [1.807, 2.05) is 38.9 Å². The Bertz CT molecular complexity index is 962. The predicted octanol–water partition coefficient (Wildman–Crippen LogP) is 4.84. The minimum Gasteiger partial charge on any atom is -0.489 e. The Labute approximate surface area is 169 Å². The van der Waals surface area contributed by atoms with Gasteiger partial charge in [-0.3, -0.25) is 4.79 Å². The number of aryl methyl sites for hydroxylation is 2. The zero-order chi connectivity index (χ0) is 20.3. The van der Waals surface area contributed by atoms with Crippen molar-refractivity contribution in [3.05, 3.63) is 70.1 Å². The Balaban J connectivity index is 1.68. The van der Waals surface area contributed by atoms with Crippen LogP contribution in [0, 0.1) is 13.8 Å². The second-order valence-electron chi connectivity index (χ2n) is 6.60. The molecular weight excluding hydrogens is 378 g/mol. The molecule has 3 rings (SSSR count). The van der Waals surface area contributed by atoms with E-state index in [1.54, 1.807) is 36.4 Å². The van der Waals surface area contributed by atoms with E-state index in [2.05, 4.69) is 10.5 Å². The zero-order valence-corrected chi connectivity index (χ0v) is 17.0. The number of rotatable bonds is 6. The van der Waals surface area contributed by atoms with Crippen LogP contribution in [0.2, 0.25) is 5.02 Å². The van der Waals surface area contributed by atoms with Crippen LogP contribution < -0.4 is 15.0 Å². The molecular formula is C21H22ClN3O3. The van der Waals surface area contributed by atoms with E-state index in [9.17, 15) is 4.79 Å². The first-order valence-corrected chi connectivity index (χ1v) is 9.16. The van der Waals surface area contributed by atoms with Crippen molar-refractivity contribution in [2.45, 2.75) is 20.5 Å². The number of aromatic nitrogens is 1. The van der Waals surface area contributed by atoms with Gasteiger partial charge in [0.1, 0.15) is 18.1 Å². The highest BCUT2D eigenvalue weighted by Crippen LogP contribution is 2.32. The van der Waals surface area contributed by atoms with Crippen LogP contribution in [0.5, 0.6) is 5.75 Å². The SMILES string of the molecule is Cc1noc(C)c1COc1ccc(C(=O)Nc2cccc(Cl)c2N(C)C)cc1. The second-order valence-corrected chi connectivity index (χ2v) is 7.01. The van der Waals surface area contributed by atoms with Crippen LogP contribution in [-0.4, -0.2) is 25.2 Å². The van der Waals surface area contributed by atoms with Crippen molar-refractivity contribution in [2.24, 2.45) is 0 Å². The average Bonchev–Trinajstić information content (AvgIpc) is 2.98. The highest BCUT2D eigenvalue weighted by Gasteiger charge is 2.14. The number of nitrogens with zero attached hydrogens (tertiary/aromatic N) is 2. The van der Waals surface area contributed by atoms with Gasteiger partial charge in [-0.2, -0.15) is 0 Å². The van der Waals surface area contributed by atoms with E-state index in [1.165, 1.54) is 0 Å². The number of benzene rings is 2. The number of hydrogen-bond acceptors (Lipinski definition) is 5. The third kappa shape index (κ3) is 4.28. The summed E-state index contributed by atoms with van der Waals surface area (Å²) in [5.74, 6) is 1.18. The van der Waals surface area contributed by atoms with Crippen LogP contribution >= 0.6 is 11.6 Å². The number of anilines is 2. The summed E-state index contributed by atoms with van der Waals surface area (Å²) >= 11 is 6.25. The van der Waals surface area contributed by atoms with Gasteiger partial charge in [0.05, 0.1) is 27.7 Å². The monoisotopic (exact) mass is 399 g/mol. The number of carbonyl (C=O) groups is 1. The number of halogens is 1. The molecule has 3 aromatic rings. The number of para-hydroxylation sites is 1. The van der Waals surface area contributed by atoms with E-state index >= 15 is 0 Å². The van der Waals surface area contributed by atoms with Crippen LogP contribution in [0.1, 0.15) is 27.4 Å². The fraction of sp³-hybridized carbons (Fsp3) is 0.238. The van der Waals surface area contributed by atoms with Gasteiger partial charge in [0.15, 0.2) is 0 Å². The molecule has 0 aliphatic carbocycles. The third-order valence-electron chi connectivity index (χ3n) is 4.36. The van der Waals surface area contributed by atoms with E-state index in [-0.39, 0.29) is 5.91 Å². The van der Waals surface area contributed by atoms with E-state index < -0.39 is 0 Å². The van der Waals surface area contributed by atoms with Crippen LogP contribution in [-0.2, 0) is 6.61 Å². The van der Waals surface area contributed by atoms with Crippen molar-refractivity contribution in [1.29, 1.82) is 0 Å². The van der Waals surface area contributed by atoms with Crippen molar-refractivity contribution >= 4 is 28.9 Å². The molecule has 0 atom stereocenters. The fourth-order valence-electron chi connectivity index (χ4n) is 2.83. The molecule has 0 bridgehead atoms. The van der Waals surface area contributed by atoms with Gasteiger partial charge in [0, 0.05) is 19.7 Å². The standard InChI is InChI=1S/C21H22ClN3O3/c1-13-17(14(2)28-24-13)12-27-16-10-8-15(9-11-16)21(26)23-19-7-5-6-18(22)20(19)25(3)4/h5-11H,12H2,1-4H3,(H,23,26). The van der Waals surface area contributed by atoms with Crippen molar-refractivity contribution < 1.29 is 14.1 Å². The van der Waals surface area contributed by atoms with Crippen LogP contribution in [0.4, 0.5) is 11.4 Å². The number of amides is 1. The molecule has 1 N–H and O–H groups in total. The Morgan fingerprint density at radius 2 is 1.89 bits per heavy atom. The lowest BCUT2D eigenvalue weighted by molar-refractivity contribution is 0.102. The molecule has 0 unspecified atom stereocenters. The topological polar surface area (TPSA) is 67.6 Å². The Hall–Kier alpha value is -2.99. The molecule has 0 aliphatic rings. The first-order valence-electron chi connectivity index (χ1n) is 8.78. The van der Waals surface area contributed by atoms with E-state index in [0.717, 1.165) is 22.7 Å². The lowest BCUT2D eigenvalue weighted by atomic mass is 10.2. The molecule has 0 spiro atoms. The normalized spacial score (nSPS) is 10.6. The molecule has 1 amide bonds. The molecule has 1 aromatic heterocycles. The van der Waals surface area contributed by atoms with Gasteiger partial charge in [-0.05, 0) is 50.2 Å². The van der Waals surface area contributed by atoms with Crippen LogP contribution in [0.25, 0.3) is 0 Å². The maximum absolute atomic E-state index is 12.6. The number of ether oxygens (including phenoxy) is 1. The lowest BCUT2D eigenvalue weighted by Crippen LogP contribution is -2.17. The van der Waals surface area contributed by atoms with Gasteiger partial charge in [-0.1, -0.05) is 22.8 Å². The molecule has 0 radical (unpaired) electrons. The Morgan fingerprint density at radius 3 is 2.50 bits per heavy atom. The number of nitrogens with one attached hydrogen (secondary N) is 1. The Morgan fingerprint density at radius 1 is 1.18 bits per heavy atom. The summed E-state index contributed by atoms with van der Waals surface area (Å²) in [6.45, 7) is 4.09. The molecule has 7 heteroatoms. The van der Waals surface area contributed by atoms with Gasteiger partial charge in [-0.25, -0.2) is 0 Å². The summed E-state index contributed by atoms with van der Waals surface area (Å²) in [4.78, 5) is 14.5. The van der Waals surface area contributed by atoms with Crippen molar-refractivity contribution in [1.82, 2.24) is 5.16 Å². The number of carbonyl (C=O) groups excluding carboxylic acids is 1. The summed E-state index contributed by atoms with van der Waals surface area (Å²) in [6.07, 6.45) is 0. The van der Waals surface area contributed by atoms with Gasteiger partial charge >= 0.3 is 0 Å². The molecule has 0 saturated heterocycles. The summed E-state index contributed by atoms with van der Waals surface area (Å²) in [5, 5.41) is 7.40. The number of hydrogen-bond donors (Lipinski definition) is 1. The maximum Gasteiger partial charge on any atom is 0.255 e. The zero-order valence-electron chi connectivity index (χ0n) is 16.2. The quantitative estimate of drug-likeness (QED) is 0.642. The van der Waals surface area contributed by atoms with Gasteiger partial charge in [0.25, 0.3) is 5.91 Å². The van der Waals surface area contributed by atoms with Crippen molar-refractivity contribution in [3.8, 4) is 5.75 Å². The van der Waals surface area contributed by atoms with Gasteiger partial charge in [-0.15, -0.1) is 0 Å². The molecule has 1 heterocycles. The second kappa shape index (κ2) is 8.35. The van der Waals surface area contributed by atoms with Crippen LogP contribution in [0.3, 0.4) is 0 Å². The summed E-state index contributed by atoms with van der Waals surface area (Å²) < 4.78 is 10.9. The smallest absolute Gasteiger partial charge is 0.255 e. The molecule has 0 aliphatic heterocycles. The highest BCUT2D eigenvalue weighted by molar-refractivity contribution is 6.34. The van der Waals surface area contributed by atoms with Crippen LogP contribution in [0.15, 0.2) is 47.0 Å². The minimum atomic E-state index is -0.220. The molecule has 28 heavy (non-hydrogen) atoms. The Kier molecular flexibility index (Phi) is 5.90. The summed E-state index contributed by atoms with van der Waals surface area (Å²) in [5.41, 5.74) is 3.68. The van der Waals surface area contributed by atoms with Crippen molar-refractivity contribution in [3.63, 3.8) is 0 Å².